The number of carbonyl (C=O) groups excluding carboxylic acids is 1. The molecule has 21 heavy (non-hydrogen) atoms. The summed E-state index contributed by atoms with van der Waals surface area (Å²) in [6.45, 7) is 6.85. The van der Waals surface area contributed by atoms with E-state index in [2.05, 4.69) is 19.2 Å². The third kappa shape index (κ3) is 5.12. The van der Waals surface area contributed by atoms with E-state index in [1.807, 2.05) is 4.90 Å². The molecule has 1 amide bonds. The van der Waals surface area contributed by atoms with Crippen LogP contribution in [0, 0.1) is 11.7 Å². The Bertz CT molecular complexity index is 452. The van der Waals surface area contributed by atoms with Gasteiger partial charge in [0.25, 0.3) is 0 Å². The van der Waals surface area contributed by atoms with E-state index in [-0.39, 0.29) is 11.7 Å². The fourth-order valence-corrected chi connectivity index (χ4v) is 2.79. The van der Waals surface area contributed by atoms with Crippen LogP contribution >= 0.6 is 0 Å². The average Bonchev–Trinajstić information content (AvgIpc) is 2.93. The predicted octanol–water partition coefficient (Wildman–Crippen LogP) is 2.60. The van der Waals surface area contributed by atoms with E-state index in [0.29, 0.717) is 18.4 Å². The summed E-state index contributed by atoms with van der Waals surface area (Å²) in [4.78, 5) is 14.5. The first-order valence-corrected chi connectivity index (χ1v) is 7.80. The van der Waals surface area contributed by atoms with Gasteiger partial charge in [-0.2, -0.15) is 0 Å². The van der Waals surface area contributed by atoms with Crippen LogP contribution < -0.4 is 5.32 Å². The molecule has 1 atom stereocenters. The first-order valence-electron chi connectivity index (χ1n) is 7.80. The summed E-state index contributed by atoms with van der Waals surface area (Å²) in [5.41, 5.74) is 0.870. The average molecular weight is 292 g/mol. The number of nitrogens with zero attached hydrogens (tertiary/aromatic N) is 1. The Balaban J connectivity index is 1.97. The first kappa shape index (κ1) is 16.0. The Labute approximate surface area is 126 Å². The second kappa shape index (κ2) is 7.55. The fourth-order valence-electron chi connectivity index (χ4n) is 2.79. The van der Waals surface area contributed by atoms with Crippen LogP contribution in [-0.2, 0) is 11.2 Å². The molecule has 0 aromatic heterocycles. The highest BCUT2D eigenvalue weighted by molar-refractivity contribution is 5.78. The lowest BCUT2D eigenvalue weighted by molar-refractivity contribution is -0.131. The summed E-state index contributed by atoms with van der Waals surface area (Å²) in [6.07, 6.45) is 2.67. The highest BCUT2D eigenvalue weighted by Gasteiger charge is 2.22. The molecule has 1 N–H and O–H groups in total. The fraction of sp³-hybridized carbons (Fsp3) is 0.588. The van der Waals surface area contributed by atoms with Crippen LogP contribution in [0.5, 0.6) is 0 Å². The topological polar surface area (TPSA) is 32.3 Å². The molecule has 0 aliphatic carbocycles. The highest BCUT2D eigenvalue weighted by Crippen LogP contribution is 2.11. The van der Waals surface area contributed by atoms with Crippen molar-refractivity contribution in [3.63, 3.8) is 0 Å². The number of benzene rings is 1. The maximum Gasteiger partial charge on any atom is 0.227 e. The number of halogens is 1. The SMILES string of the molecule is CC(C)CN(CC1CCCN1)C(=O)Cc1ccc(F)cc1. The van der Waals surface area contributed by atoms with Gasteiger partial charge in [0.05, 0.1) is 6.42 Å². The van der Waals surface area contributed by atoms with Crippen molar-refractivity contribution in [2.45, 2.75) is 39.2 Å². The van der Waals surface area contributed by atoms with Gasteiger partial charge in [-0.3, -0.25) is 4.79 Å². The zero-order valence-electron chi connectivity index (χ0n) is 12.9. The van der Waals surface area contributed by atoms with E-state index in [1.54, 1.807) is 12.1 Å². The van der Waals surface area contributed by atoms with Crippen LogP contribution in [0.3, 0.4) is 0 Å². The van der Waals surface area contributed by atoms with Crippen LogP contribution in [0.25, 0.3) is 0 Å². The zero-order chi connectivity index (χ0) is 15.2. The molecule has 3 nitrogen and oxygen atoms in total. The van der Waals surface area contributed by atoms with E-state index in [4.69, 9.17) is 0 Å². The first-order chi connectivity index (χ1) is 10.0. The summed E-state index contributed by atoms with van der Waals surface area (Å²) < 4.78 is 12.9. The second-order valence-corrected chi connectivity index (χ2v) is 6.29. The predicted molar refractivity (Wildman–Crippen MR) is 82.5 cm³/mol. The highest BCUT2D eigenvalue weighted by atomic mass is 19.1. The van der Waals surface area contributed by atoms with Crippen LogP contribution in [-0.4, -0.2) is 36.5 Å². The molecule has 2 rings (SSSR count). The summed E-state index contributed by atoms with van der Waals surface area (Å²) >= 11 is 0. The lowest BCUT2D eigenvalue weighted by atomic mass is 10.1. The molecule has 1 saturated heterocycles. The van der Waals surface area contributed by atoms with Gasteiger partial charge < -0.3 is 10.2 Å². The van der Waals surface area contributed by atoms with E-state index in [0.717, 1.165) is 31.6 Å². The molecular formula is C17H25FN2O. The third-order valence-corrected chi connectivity index (χ3v) is 3.81. The van der Waals surface area contributed by atoms with Crippen molar-refractivity contribution in [3.05, 3.63) is 35.6 Å². The number of rotatable bonds is 6. The van der Waals surface area contributed by atoms with Gasteiger partial charge in [-0.1, -0.05) is 26.0 Å². The lowest BCUT2D eigenvalue weighted by Crippen LogP contribution is -2.43. The minimum absolute atomic E-state index is 0.129. The smallest absolute Gasteiger partial charge is 0.227 e. The van der Waals surface area contributed by atoms with E-state index >= 15 is 0 Å². The Kier molecular flexibility index (Phi) is 5.74. The van der Waals surface area contributed by atoms with Crippen molar-refractivity contribution in [1.82, 2.24) is 10.2 Å². The molecule has 1 aliphatic heterocycles. The van der Waals surface area contributed by atoms with Gasteiger partial charge in [-0.15, -0.1) is 0 Å². The van der Waals surface area contributed by atoms with Crippen LogP contribution in [0.15, 0.2) is 24.3 Å². The molecule has 116 valence electrons. The number of carbonyl (C=O) groups is 1. The Morgan fingerprint density at radius 1 is 1.38 bits per heavy atom. The van der Waals surface area contributed by atoms with Crippen LogP contribution in [0.1, 0.15) is 32.3 Å². The molecule has 1 fully saturated rings. The molecule has 0 spiro atoms. The molecule has 1 aromatic carbocycles. The molecule has 0 bridgehead atoms. The van der Waals surface area contributed by atoms with E-state index < -0.39 is 0 Å². The maximum absolute atomic E-state index is 12.9. The van der Waals surface area contributed by atoms with E-state index in [9.17, 15) is 9.18 Å². The molecular weight excluding hydrogens is 267 g/mol. The Morgan fingerprint density at radius 3 is 2.67 bits per heavy atom. The molecule has 0 radical (unpaired) electrons. The molecule has 4 heteroatoms. The number of hydrogen-bond acceptors (Lipinski definition) is 2. The maximum atomic E-state index is 12.9. The van der Waals surface area contributed by atoms with Crippen LogP contribution in [0.4, 0.5) is 4.39 Å². The normalized spacial score (nSPS) is 18.2. The quantitative estimate of drug-likeness (QED) is 0.874. The molecule has 1 unspecified atom stereocenters. The molecule has 1 aliphatic rings. The van der Waals surface area contributed by atoms with Gasteiger partial charge in [0.2, 0.25) is 5.91 Å². The van der Waals surface area contributed by atoms with Gasteiger partial charge in [-0.05, 0) is 43.0 Å². The minimum atomic E-state index is -0.264. The Hall–Kier alpha value is -1.42. The lowest BCUT2D eigenvalue weighted by Gasteiger charge is -2.27. The molecule has 1 heterocycles. The Morgan fingerprint density at radius 2 is 2.10 bits per heavy atom. The summed E-state index contributed by atoms with van der Waals surface area (Å²) in [6, 6.07) is 6.62. The number of amides is 1. The minimum Gasteiger partial charge on any atom is -0.341 e. The monoisotopic (exact) mass is 292 g/mol. The van der Waals surface area contributed by atoms with Gasteiger partial charge in [-0.25, -0.2) is 4.39 Å². The summed E-state index contributed by atoms with van der Waals surface area (Å²) in [5.74, 6) is 0.313. The molecule has 0 saturated carbocycles. The van der Waals surface area contributed by atoms with Crippen molar-refractivity contribution in [2.24, 2.45) is 5.92 Å². The van der Waals surface area contributed by atoms with Crippen molar-refractivity contribution < 1.29 is 9.18 Å². The van der Waals surface area contributed by atoms with Gasteiger partial charge >= 0.3 is 0 Å². The molecule has 1 aromatic rings. The zero-order valence-corrected chi connectivity index (χ0v) is 12.9. The van der Waals surface area contributed by atoms with E-state index in [1.165, 1.54) is 18.6 Å². The van der Waals surface area contributed by atoms with Crippen LogP contribution in [0.2, 0.25) is 0 Å². The van der Waals surface area contributed by atoms with Crippen molar-refractivity contribution in [2.75, 3.05) is 19.6 Å². The van der Waals surface area contributed by atoms with Gasteiger partial charge in [0, 0.05) is 19.1 Å². The largest absolute Gasteiger partial charge is 0.341 e. The van der Waals surface area contributed by atoms with Gasteiger partial charge in [0.15, 0.2) is 0 Å². The standard InChI is InChI=1S/C17H25FN2O/c1-13(2)11-20(12-16-4-3-9-19-16)17(21)10-14-5-7-15(18)8-6-14/h5-8,13,16,19H,3-4,9-12H2,1-2H3. The van der Waals surface area contributed by atoms with Gasteiger partial charge in [0.1, 0.15) is 5.82 Å². The number of nitrogens with one attached hydrogen (secondary N) is 1. The number of hydrogen-bond donors (Lipinski definition) is 1. The summed E-state index contributed by atoms with van der Waals surface area (Å²) in [5, 5.41) is 3.44. The second-order valence-electron chi connectivity index (χ2n) is 6.29. The summed E-state index contributed by atoms with van der Waals surface area (Å²) in [7, 11) is 0. The van der Waals surface area contributed by atoms with Crippen molar-refractivity contribution in [1.29, 1.82) is 0 Å². The van der Waals surface area contributed by atoms with Crippen molar-refractivity contribution >= 4 is 5.91 Å². The third-order valence-electron chi connectivity index (χ3n) is 3.81. The van der Waals surface area contributed by atoms with Crippen molar-refractivity contribution in [3.8, 4) is 0 Å².